The predicted molar refractivity (Wildman–Crippen MR) is 67.2 cm³/mol. The lowest BCUT2D eigenvalue weighted by Crippen LogP contribution is -1.93. The Balaban J connectivity index is 1.85. The fraction of sp³-hybridized carbons (Fsp3) is 0. The van der Waals surface area contributed by atoms with E-state index < -0.39 is 0 Å². The van der Waals surface area contributed by atoms with Crippen LogP contribution in [0.1, 0.15) is 0 Å². The molecule has 0 amide bonds. The minimum atomic E-state index is -0.383. The van der Waals surface area contributed by atoms with E-state index in [4.69, 9.17) is 4.42 Å². The summed E-state index contributed by atoms with van der Waals surface area (Å²) in [6.45, 7) is 0. The molecule has 5 nitrogen and oxygen atoms in total. The number of anilines is 2. The first-order valence-electron chi connectivity index (χ1n) is 5.58. The number of halogens is 1. The first-order valence-corrected chi connectivity index (χ1v) is 5.58. The molecule has 3 aromatic rings. The molecule has 0 aliphatic carbocycles. The lowest BCUT2D eigenvalue weighted by Gasteiger charge is -2.01. The van der Waals surface area contributed by atoms with Crippen molar-refractivity contribution in [2.45, 2.75) is 0 Å². The summed E-state index contributed by atoms with van der Waals surface area (Å²) >= 11 is 0. The fourth-order valence-electron chi connectivity index (χ4n) is 1.56. The van der Waals surface area contributed by atoms with Crippen LogP contribution in [0.25, 0.3) is 11.5 Å². The zero-order valence-corrected chi connectivity index (χ0v) is 9.75. The van der Waals surface area contributed by atoms with E-state index in [-0.39, 0.29) is 17.5 Å². The van der Waals surface area contributed by atoms with Gasteiger partial charge in [0.05, 0.1) is 5.69 Å². The first kappa shape index (κ1) is 11.3. The molecule has 0 radical (unpaired) electrons. The first-order chi connectivity index (χ1) is 9.33. The van der Waals surface area contributed by atoms with Gasteiger partial charge in [-0.25, -0.2) is 4.39 Å². The van der Waals surface area contributed by atoms with E-state index in [0.717, 1.165) is 5.56 Å². The van der Waals surface area contributed by atoms with Crippen molar-refractivity contribution in [3.05, 3.63) is 54.6 Å². The van der Waals surface area contributed by atoms with Crippen LogP contribution in [0.5, 0.6) is 0 Å². The molecule has 1 N–H and O–H groups in total. The highest BCUT2D eigenvalue weighted by molar-refractivity contribution is 5.56. The molecule has 0 unspecified atom stereocenters. The van der Waals surface area contributed by atoms with Crippen LogP contribution in [0.3, 0.4) is 0 Å². The van der Waals surface area contributed by atoms with Crippen molar-refractivity contribution in [1.29, 1.82) is 0 Å². The third-order valence-corrected chi connectivity index (χ3v) is 2.47. The van der Waals surface area contributed by atoms with Crippen LogP contribution in [-0.4, -0.2) is 15.2 Å². The lowest BCUT2D eigenvalue weighted by molar-refractivity contribution is 0.583. The number of nitrogens with zero attached hydrogens (tertiary/aromatic N) is 3. The van der Waals surface area contributed by atoms with E-state index in [9.17, 15) is 4.39 Å². The average Bonchev–Trinajstić information content (AvgIpc) is 2.91. The van der Waals surface area contributed by atoms with Crippen LogP contribution in [0.4, 0.5) is 16.1 Å². The van der Waals surface area contributed by atoms with Gasteiger partial charge in [0.15, 0.2) is 0 Å². The smallest absolute Gasteiger partial charge is 0.320 e. The summed E-state index contributed by atoms with van der Waals surface area (Å²) in [7, 11) is 0. The van der Waals surface area contributed by atoms with Crippen LogP contribution < -0.4 is 5.32 Å². The number of para-hydroxylation sites is 1. The molecule has 2 heterocycles. The van der Waals surface area contributed by atoms with Crippen molar-refractivity contribution in [2.75, 3.05) is 5.32 Å². The maximum Gasteiger partial charge on any atom is 0.320 e. The Morgan fingerprint density at radius 1 is 1.00 bits per heavy atom. The second-order valence-electron chi connectivity index (χ2n) is 3.75. The largest absolute Gasteiger partial charge is 0.403 e. The van der Waals surface area contributed by atoms with Gasteiger partial charge in [0.1, 0.15) is 5.82 Å². The Bertz CT molecular complexity index is 684. The number of benzene rings is 1. The molecule has 2 aromatic heterocycles. The van der Waals surface area contributed by atoms with Crippen molar-refractivity contribution in [3.8, 4) is 11.5 Å². The van der Waals surface area contributed by atoms with E-state index >= 15 is 0 Å². The van der Waals surface area contributed by atoms with Gasteiger partial charge in [-0.05, 0) is 24.3 Å². The molecule has 0 fully saturated rings. The van der Waals surface area contributed by atoms with Gasteiger partial charge >= 0.3 is 6.01 Å². The second kappa shape index (κ2) is 4.85. The number of pyridine rings is 1. The highest BCUT2D eigenvalue weighted by atomic mass is 19.1. The molecule has 0 saturated carbocycles. The van der Waals surface area contributed by atoms with Gasteiger partial charge in [0.25, 0.3) is 0 Å². The number of aromatic nitrogens is 3. The third-order valence-electron chi connectivity index (χ3n) is 2.47. The molecule has 6 heteroatoms. The van der Waals surface area contributed by atoms with Crippen molar-refractivity contribution in [3.63, 3.8) is 0 Å². The molecule has 3 rings (SSSR count). The molecule has 1 aromatic carbocycles. The summed E-state index contributed by atoms with van der Waals surface area (Å²) in [5.41, 5.74) is 1.04. The highest BCUT2D eigenvalue weighted by Gasteiger charge is 2.09. The number of hydrogen-bond donors (Lipinski definition) is 1. The summed E-state index contributed by atoms with van der Waals surface area (Å²) in [5.74, 6) is -0.0348. The van der Waals surface area contributed by atoms with Gasteiger partial charge < -0.3 is 9.73 Å². The highest BCUT2D eigenvalue weighted by Crippen LogP contribution is 2.22. The van der Waals surface area contributed by atoms with Gasteiger partial charge in [-0.3, -0.25) is 4.98 Å². The summed E-state index contributed by atoms with van der Waals surface area (Å²) in [5, 5.41) is 10.4. The molecule has 0 aliphatic rings. The Kier molecular flexibility index (Phi) is 2.89. The SMILES string of the molecule is Fc1ccccc1Nc1nnc(-c2ccncc2)o1. The molecule has 0 spiro atoms. The summed E-state index contributed by atoms with van der Waals surface area (Å²) in [6, 6.07) is 9.90. The van der Waals surface area contributed by atoms with Crippen molar-refractivity contribution in [1.82, 2.24) is 15.2 Å². The molecule has 0 saturated heterocycles. The standard InChI is InChI=1S/C13H9FN4O/c14-10-3-1-2-4-11(10)16-13-18-17-12(19-13)9-5-7-15-8-6-9/h1-8H,(H,16,18). The molecule has 19 heavy (non-hydrogen) atoms. The van der Waals surface area contributed by atoms with Gasteiger partial charge in [-0.2, -0.15) is 0 Å². The van der Waals surface area contributed by atoms with Crippen LogP contribution >= 0.6 is 0 Å². The summed E-state index contributed by atoms with van der Waals surface area (Å²) < 4.78 is 18.8. The van der Waals surface area contributed by atoms with Gasteiger partial charge in [-0.15, -0.1) is 5.10 Å². The monoisotopic (exact) mass is 256 g/mol. The van der Waals surface area contributed by atoms with E-state index in [1.165, 1.54) is 6.07 Å². The van der Waals surface area contributed by atoms with E-state index in [1.54, 1.807) is 42.7 Å². The quantitative estimate of drug-likeness (QED) is 0.780. The van der Waals surface area contributed by atoms with Crippen molar-refractivity contribution >= 4 is 11.7 Å². The zero-order valence-electron chi connectivity index (χ0n) is 9.75. The maximum absolute atomic E-state index is 13.4. The minimum Gasteiger partial charge on any atom is -0.403 e. The Hall–Kier alpha value is -2.76. The third kappa shape index (κ3) is 2.42. The van der Waals surface area contributed by atoms with Crippen molar-refractivity contribution in [2.24, 2.45) is 0 Å². The van der Waals surface area contributed by atoms with E-state index in [0.29, 0.717) is 5.89 Å². The van der Waals surface area contributed by atoms with Crippen LogP contribution in [-0.2, 0) is 0 Å². The summed E-state index contributed by atoms with van der Waals surface area (Å²) in [6.07, 6.45) is 3.26. The molecule has 0 bridgehead atoms. The van der Waals surface area contributed by atoms with Gasteiger partial charge in [-0.1, -0.05) is 17.2 Å². The molecule has 0 aliphatic heterocycles. The second-order valence-corrected chi connectivity index (χ2v) is 3.75. The molecular formula is C13H9FN4O. The number of rotatable bonds is 3. The van der Waals surface area contributed by atoms with Crippen LogP contribution in [0.15, 0.2) is 53.2 Å². The summed E-state index contributed by atoms with van der Waals surface area (Å²) in [4.78, 5) is 3.90. The maximum atomic E-state index is 13.4. The normalized spacial score (nSPS) is 10.4. The van der Waals surface area contributed by atoms with Crippen LogP contribution in [0.2, 0.25) is 0 Å². The van der Waals surface area contributed by atoms with E-state index in [1.807, 2.05) is 0 Å². The van der Waals surface area contributed by atoms with Crippen molar-refractivity contribution < 1.29 is 8.81 Å². The van der Waals surface area contributed by atoms with E-state index in [2.05, 4.69) is 20.5 Å². The topological polar surface area (TPSA) is 63.8 Å². The van der Waals surface area contributed by atoms with Gasteiger partial charge in [0.2, 0.25) is 5.89 Å². The van der Waals surface area contributed by atoms with Crippen LogP contribution in [0, 0.1) is 5.82 Å². The Morgan fingerprint density at radius 2 is 1.79 bits per heavy atom. The lowest BCUT2D eigenvalue weighted by atomic mass is 10.3. The predicted octanol–water partition coefficient (Wildman–Crippen LogP) is 3.01. The Morgan fingerprint density at radius 3 is 2.58 bits per heavy atom. The molecule has 0 atom stereocenters. The minimum absolute atomic E-state index is 0.136. The van der Waals surface area contributed by atoms with Gasteiger partial charge in [0, 0.05) is 18.0 Å². The molecular weight excluding hydrogens is 247 g/mol. The Labute approximate surface area is 108 Å². The average molecular weight is 256 g/mol. The molecule has 94 valence electrons. The zero-order chi connectivity index (χ0) is 13.1. The number of nitrogens with one attached hydrogen (secondary N) is 1. The number of hydrogen-bond acceptors (Lipinski definition) is 5. The fourth-order valence-corrected chi connectivity index (χ4v) is 1.56.